The fourth-order valence-corrected chi connectivity index (χ4v) is 11.8. The molecule has 2 aliphatic rings. The molecule has 26 nitrogen and oxygen atoms in total. The molecule has 534 valence electrons. The number of methoxy groups -OCH3 is 1. The van der Waals surface area contributed by atoms with Gasteiger partial charge < -0.3 is 70.0 Å². The van der Waals surface area contributed by atoms with Crippen molar-refractivity contribution in [2.75, 3.05) is 88.8 Å². The van der Waals surface area contributed by atoms with Gasteiger partial charge in [-0.25, -0.2) is 4.79 Å². The van der Waals surface area contributed by atoms with Gasteiger partial charge in [-0.05, 0) is 106 Å². The summed E-state index contributed by atoms with van der Waals surface area (Å²) in [6.45, 7) is 32.2. The van der Waals surface area contributed by atoms with E-state index in [1.54, 1.807) is 34.6 Å². The average molecular weight is 1320 g/mol. The van der Waals surface area contributed by atoms with Crippen LogP contribution in [0.3, 0.4) is 0 Å². The van der Waals surface area contributed by atoms with E-state index in [2.05, 4.69) is 26.2 Å². The van der Waals surface area contributed by atoms with E-state index >= 15 is 14.4 Å². The zero-order valence-corrected chi connectivity index (χ0v) is 60.8. The Morgan fingerprint density at radius 1 is 0.495 bits per heavy atom. The van der Waals surface area contributed by atoms with Gasteiger partial charge in [-0.1, -0.05) is 104 Å². The van der Waals surface area contributed by atoms with E-state index in [0.717, 1.165) is 9.80 Å². The van der Waals surface area contributed by atoms with Crippen LogP contribution in [0.4, 0.5) is 0 Å². The number of carbonyl (C=O) groups excluding carboxylic acids is 11. The van der Waals surface area contributed by atoms with E-state index < -0.39 is 162 Å². The Morgan fingerprint density at radius 3 is 1.34 bits per heavy atom. The SMILES string of the molecule is COC(C)[C@H]1NC(=O)[C@@H]([C@H](O)[C@H](C)CCN2CCOCC2)N(C)C(=O)[C@@H](C(C)C)N(C)C(=O)[C@@H](CC(C)C)NC(=O)[C@@H](CC(C)C)N(C)C(=O)[C@H](C(C)C)OC(=O)[C@@H](C)NC(=O)[C@@H](CC(C)C)N(C)C(=O)[C@@H](CC(C)C)NC(=O)[C@H](CC(C)C)N(C)C(=O)CN(C)C1=O. The normalized spacial score (nSPS) is 27.0. The third-order valence-electron chi connectivity index (χ3n) is 17.7. The van der Waals surface area contributed by atoms with Crippen LogP contribution in [0.5, 0.6) is 0 Å². The van der Waals surface area contributed by atoms with E-state index in [9.17, 15) is 43.5 Å². The van der Waals surface area contributed by atoms with Crippen LogP contribution in [0.15, 0.2) is 0 Å². The number of nitrogens with one attached hydrogen (secondary N) is 4. The summed E-state index contributed by atoms with van der Waals surface area (Å²) in [5.41, 5.74) is 0. The zero-order valence-electron chi connectivity index (χ0n) is 60.8. The number of esters is 1. The number of likely N-dealkylation sites (N-methyl/N-ethyl adjacent to an activating group) is 6. The standard InChI is InChI=1S/C67H121N11O15/c1-37(2)31-47-62(85)74(20)50(34-40(7)8)58(81)68-45(16)67(90)93-57(43(13)14)66(89)75(21)51(35-41(9)10)60(83)70-48(32-38(3)4)63(86)76(22)54(42(11)12)65(88)77(23)55(56(80)44(15)25-26-78-27-29-92-30-28-78)61(84)71-53(46(17)91-24)64(87)72(18)36-52(79)73(19)49(33-39(5)6)59(82)69-47/h37-51,53-57,80H,25-36H2,1-24H3,(H,68,81)(H,69,82)(H,70,83)(H,71,84)/t44-,45-,46?,47-,48-,49+,50-,51-,53-,54-,55-,56-,57+/m1/s1. The monoisotopic (exact) mass is 1320 g/mol. The van der Waals surface area contributed by atoms with E-state index in [4.69, 9.17) is 14.2 Å². The Morgan fingerprint density at radius 2 is 0.914 bits per heavy atom. The molecule has 2 heterocycles. The lowest BCUT2D eigenvalue weighted by Gasteiger charge is -2.40. The molecule has 0 saturated carbocycles. The molecule has 26 heteroatoms. The molecular weight excluding hydrogens is 1200 g/mol. The van der Waals surface area contributed by atoms with Gasteiger partial charge >= 0.3 is 5.97 Å². The summed E-state index contributed by atoms with van der Waals surface area (Å²) in [6.07, 6.45) is -3.12. The van der Waals surface area contributed by atoms with E-state index in [1.807, 2.05) is 69.2 Å². The highest BCUT2D eigenvalue weighted by molar-refractivity contribution is 5.99. The number of aliphatic hydroxyl groups is 1. The van der Waals surface area contributed by atoms with E-state index in [0.29, 0.717) is 39.3 Å². The van der Waals surface area contributed by atoms with Crippen molar-refractivity contribution in [2.45, 2.75) is 229 Å². The Labute approximate surface area is 555 Å². The van der Waals surface area contributed by atoms with Gasteiger partial charge in [0.1, 0.15) is 54.4 Å². The first-order valence-corrected chi connectivity index (χ1v) is 33.6. The van der Waals surface area contributed by atoms with E-state index in [1.165, 1.54) is 82.8 Å². The molecule has 13 atom stereocenters. The molecule has 2 saturated heterocycles. The first-order valence-electron chi connectivity index (χ1n) is 33.6. The molecule has 0 aromatic carbocycles. The minimum Gasteiger partial charge on any atom is -0.450 e. The second-order valence-corrected chi connectivity index (χ2v) is 28.9. The fraction of sp³-hybridized carbons (Fsp3) is 0.836. The minimum absolute atomic E-state index is 0.0908. The van der Waals surface area contributed by atoms with Crippen molar-refractivity contribution >= 4 is 65.0 Å². The highest BCUT2D eigenvalue weighted by Crippen LogP contribution is 2.25. The molecule has 93 heavy (non-hydrogen) atoms. The van der Waals surface area contributed by atoms with Gasteiger partial charge in [0.25, 0.3) is 5.91 Å². The Kier molecular flexibility index (Phi) is 34.4. The minimum atomic E-state index is -1.69. The van der Waals surface area contributed by atoms with E-state index in [-0.39, 0.29) is 61.7 Å². The van der Waals surface area contributed by atoms with Gasteiger partial charge in [0.15, 0.2) is 6.10 Å². The lowest BCUT2D eigenvalue weighted by molar-refractivity contribution is -0.166. The maximum absolute atomic E-state index is 15.4. The third-order valence-corrected chi connectivity index (χ3v) is 17.7. The van der Waals surface area contributed by atoms with Crippen LogP contribution in [0.2, 0.25) is 0 Å². The van der Waals surface area contributed by atoms with Gasteiger partial charge in [-0.15, -0.1) is 0 Å². The number of hydrogen-bond acceptors (Lipinski definition) is 16. The highest BCUT2D eigenvalue weighted by atomic mass is 16.6. The van der Waals surface area contributed by atoms with Crippen LogP contribution < -0.4 is 21.3 Å². The van der Waals surface area contributed by atoms with Crippen molar-refractivity contribution in [2.24, 2.45) is 47.3 Å². The highest BCUT2D eigenvalue weighted by Gasteiger charge is 2.46. The molecule has 2 aliphatic heterocycles. The summed E-state index contributed by atoms with van der Waals surface area (Å²) in [6, 6.07) is -11.9. The lowest BCUT2D eigenvalue weighted by atomic mass is 9.91. The molecule has 2 fully saturated rings. The van der Waals surface area contributed by atoms with Crippen molar-refractivity contribution in [3.63, 3.8) is 0 Å². The molecular formula is C67H121N11O15. The predicted molar refractivity (Wildman–Crippen MR) is 354 cm³/mol. The smallest absolute Gasteiger partial charge is 0.329 e. The number of morpholine rings is 1. The molecule has 5 N–H and O–H groups in total. The predicted octanol–water partition coefficient (Wildman–Crippen LogP) is 2.76. The molecule has 0 spiro atoms. The largest absolute Gasteiger partial charge is 0.450 e. The van der Waals surface area contributed by atoms with Gasteiger partial charge in [0, 0.05) is 62.5 Å². The van der Waals surface area contributed by atoms with Crippen molar-refractivity contribution in [3.8, 4) is 0 Å². The number of aliphatic hydroxyl groups excluding tert-OH is 1. The van der Waals surface area contributed by atoms with Crippen LogP contribution in [-0.4, -0.2) is 266 Å². The molecule has 2 rings (SSSR count). The number of hydrogen-bond donors (Lipinski definition) is 5. The van der Waals surface area contributed by atoms with Gasteiger partial charge in [0.2, 0.25) is 53.2 Å². The number of carbonyl (C=O) groups is 11. The van der Waals surface area contributed by atoms with Gasteiger partial charge in [0.05, 0.1) is 32.0 Å². The summed E-state index contributed by atoms with van der Waals surface area (Å²) >= 11 is 0. The number of rotatable bonds is 19. The maximum atomic E-state index is 15.4. The Balaban J connectivity index is 3.05. The topological polar surface area (TPSA) is 306 Å². The summed E-state index contributed by atoms with van der Waals surface area (Å²) in [5.74, 6) is -11.0. The second kappa shape index (κ2) is 38.5. The number of amides is 10. The first kappa shape index (κ1) is 83.1. The zero-order chi connectivity index (χ0) is 71.4. The number of ether oxygens (including phenoxy) is 3. The van der Waals surface area contributed by atoms with Crippen LogP contribution in [0.1, 0.15) is 156 Å². The molecule has 0 aromatic heterocycles. The van der Waals surface area contributed by atoms with Gasteiger partial charge in [-0.2, -0.15) is 0 Å². The molecule has 0 aromatic rings. The lowest BCUT2D eigenvalue weighted by Crippen LogP contribution is -2.64. The summed E-state index contributed by atoms with van der Waals surface area (Å²) < 4.78 is 17.1. The number of cyclic esters (lactones) is 1. The molecule has 0 bridgehead atoms. The average Bonchev–Trinajstić information content (AvgIpc) is 0.835. The summed E-state index contributed by atoms with van der Waals surface area (Å²) in [7, 11) is 9.67. The van der Waals surface area contributed by atoms with Crippen LogP contribution >= 0.6 is 0 Å². The Hall–Kier alpha value is -5.99. The van der Waals surface area contributed by atoms with Crippen molar-refractivity contribution < 1.29 is 72.1 Å². The second-order valence-electron chi connectivity index (χ2n) is 28.9. The first-order chi connectivity index (χ1) is 43.1. The van der Waals surface area contributed by atoms with Gasteiger partial charge in [-0.3, -0.25) is 52.8 Å². The van der Waals surface area contributed by atoms with Crippen molar-refractivity contribution in [3.05, 3.63) is 0 Å². The van der Waals surface area contributed by atoms with Crippen LogP contribution in [-0.2, 0) is 67.0 Å². The quantitative estimate of drug-likeness (QED) is 0.116. The van der Waals surface area contributed by atoms with Crippen LogP contribution in [0, 0.1) is 47.3 Å². The van der Waals surface area contributed by atoms with Crippen molar-refractivity contribution in [1.29, 1.82) is 0 Å². The summed E-state index contributed by atoms with van der Waals surface area (Å²) in [4.78, 5) is 172. The molecule has 1 unspecified atom stereocenters. The molecule has 10 amide bonds. The molecule has 0 aliphatic carbocycles. The third kappa shape index (κ3) is 24.6. The van der Waals surface area contributed by atoms with Crippen molar-refractivity contribution in [1.82, 2.24) is 55.6 Å². The summed E-state index contributed by atoms with van der Waals surface area (Å²) in [5, 5.41) is 23.7. The number of nitrogens with zero attached hydrogens (tertiary/aromatic N) is 7. The van der Waals surface area contributed by atoms with Crippen LogP contribution in [0.25, 0.3) is 0 Å². The Bertz CT molecular complexity index is 2490. The molecule has 0 radical (unpaired) electrons. The fourth-order valence-electron chi connectivity index (χ4n) is 11.8. The maximum Gasteiger partial charge on any atom is 0.329 e.